The summed E-state index contributed by atoms with van der Waals surface area (Å²) in [5, 5.41) is 10.3. The van der Waals surface area contributed by atoms with Gasteiger partial charge in [-0.15, -0.1) is 0 Å². The Kier molecular flexibility index (Phi) is 5.60. The van der Waals surface area contributed by atoms with Crippen LogP contribution in [0.5, 0.6) is 5.75 Å². The lowest BCUT2D eigenvalue weighted by atomic mass is 10.1. The standard InChI is InChI=1S/C24H18ClN3O/c25-21-10-8-18(9-11-21)16-29-22-5-3-4-19(13-22)12-20(14-26)15-28-17-27-23-6-1-2-7-24(23)28/h1-13,17H,15-16H2/b20-12-. The van der Waals surface area contributed by atoms with Gasteiger partial charge >= 0.3 is 0 Å². The molecule has 0 saturated heterocycles. The van der Waals surface area contributed by atoms with Crippen molar-refractivity contribution in [1.82, 2.24) is 9.55 Å². The van der Waals surface area contributed by atoms with Gasteiger partial charge in [0.1, 0.15) is 12.4 Å². The Hall–Kier alpha value is -3.55. The smallest absolute Gasteiger partial charge is 0.120 e. The Morgan fingerprint density at radius 2 is 1.90 bits per heavy atom. The van der Waals surface area contributed by atoms with Crippen molar-refractivity contribution in [1.29, 1.82) is 5.26 Å². The molecule has 0 atom stereocenters. The summed E-state index contributed by atoms with van der Waals surface area (Å²) in [6, 6.07) is 25.5. The highest BCUT2D eigenvalue weighted by Gasteiger charge is 2.05. The molecule has 4 nitrogen and oxygen atoms in total. The van der Waals surface area contributed by atoms with Gasteiger partial charge in [-0.1, -0.05) is 48.0 Å². The van der Waals surface area contributed by atoms with Crippen molar-refractivity contribution in [2.75, 3.05) is 0 Å². The van der Waals surface area contributed by atoms with Gasteiger partial charge in [0.05, 0.1) is 30.0 Å². The van der Waals surface area contributed by atoms with Crippen molar-refractivity contribution in [3.05, 3.63) is 101 Å². The van der Waals surface area contributed by atoms with Crippen molar-refractivity contribution in [3.8, 4) is 11.8 Å². The highest BCUT2D eigenvalue weighted by Crippen LogP contribution is 2.20. The maximum atomic E-state index is 9.61. The molecule has 4 rings (SSSR count). The second-order valence-electron chi connectivity index (χ2n) is 6.63. The molecule has 0 fully saturated rings. The van der Waals surface area contributed by atoms with E-state index >= 15 is 0 Å². The minimum absolute atomic E-state index is 0.455. The molecule has 0 radical (unpaired) electrons. The molecule has 0 amide bonds. The largest absolute Gasteiger partial charge is 0.489 e. The van der Waals surface area contributed by atoms with Gasteiger partial charge in [-0.2, -0.15) is 5.26 Å². The molecular formula is C24H18ClN3O. The number of halogens is 1. The molecular weight excluding hydrogens is 382 g/mol. The second kappa shape index (κ2) is 8.64. The van der Waals surface area contributed by atoms with E-state index in [1.54, 1.807) is 6.33 Å². The average Bonchev–Trinajstić information content (AvgIpc) is 3.16. The van der Waals surface area contributed by atoms with Crippen molar-refractivity contribution < 1.29 is 4.74 Å². The predicted octanol–water partition coefficient (Wildman–Crippen LogP) is 5.88. The van der Waals surface area contributed by atoms with Crippen molar-refractivity contribution in [2.45, 2.75) is 13.2 Å². The molecule has 29 heavy (non-hydrogen) atoms. The normalized spacial score (nSPS) is 11.4. The van der Waals surface area contributed by atoms with Gasteiger partial charge in [-0.05, 0) is 53.6 Å². The third kappa shape index (κ3) is 4.66. The molecule has 0 saturated carbocycles. The van der Waals surface area contributed by atoms with E-state index in [2.05, 4.69) is 11.1 Å². The Morgan fingerprint density at radius 1 is 1.07 bits per heavy atom. The Bertz CT molecular complexity index is 1200. The maximum absolute atomic E-state index is 9.61. The highest BCUT2D eigenvalue weighted by molar-refractivity contribution is 6.30. The van der Waals surface area contributed by atoms with Crippen molar-refractivity contribution in [3.63, 3.8) is 0 Å². The lowest BCUT2D eigenvalue weighted by Gasteiger charge is -2.08. The number of ether oxygens (including phenoxy) is 1. The van der Waals surface area contributed by atoms with E-state index in [9.17, 15) is 5.26 Å². The zero-order valence-corrected chi connectivity index (χ0v) is 16.4. The molecule has 1 aromatic heterocycles. The zero-order chi connectivity index (χ0) is 20.1. The SMILES string of the molecule is N#C/C(=C/c1cccc(OCc2ccc(Cl)cc2)c1)Cn1cnc2ccccc21. The molecule has 0 N–H and O–H groups in total. The molecule has 142 valence electrons. The molecule has 5 heteroatoms. The molecule has 4 aromatic rings. The van der Waals surface area contributed by atoms with Crippen LogP contribution >= 0.6 is 11.6 Å². The fourth-order valence-electron chi connectivity index (χ4n) is 3.08. The average molecular weight is 400 g/mol. The number of allylic oxidation sites excluding steroid dienone is 1. The molecule has 1 heterocycles. The number of hydrogen-bond donors (Lipinski definition) is 0. The number of fused-ring (bicyclic) bond motifs is 1. The van der Waals surface area contributed by atoms with E-state index in [-0.39, 0.29) is 0 Å². The van der Waals surface area contributed by atoms with Gasteiger partial charge in [-0.25, -0.2) is 4.98 Å². The Labute approximate surface area is 174 Å². The van der Waals surface area contributed by atoms with Crippen molar-refractivity contribution in [2.24, 2.45) is 0 Å². The molecule has 0 bridgehead atoms. The first-order chi connectivity index (χ1) is 14.2. The van der Waals surface area contributed by atoms with E-state index in [1.807, 2.05) is 83.4 Å². The first kappa shape index (κ1) is 18.8. The van der Waals surface area contributed by atoms with Gasteiger partial charge in [-0.3, -0.25) is 0 Å². The number of nitrogens with zero attached hydrogens (tertiary/aromatic N) is 3. The van der Waals surface area contributed by atoms with Crippen LogP contribution in [0.4, 0.5) is 0 Å². The third-order valence-corrected chi connectivity index (χ3v) is 4.78. The lowest BCUT2D eigenvalue weighted by Crippen LogP contribution is -1.98. The maximum Gasteiger partial charge on any atom is 0.120 e. The summed E-state index contributed by atoms with van der Waals surface area (Å²) in [7, 11) is 0. The van der Waals surface area contributed by atoms with Crippen LogP contribution in [0.25, 0.3) is 17.1 Å². The fraction of sp³-hybridized carbons (Fsp3) is 0.0833. The minimum atomic E-state index is 0.455. The quantitative estimate of drug-likeness (QED) is 0.380. The zero-order valence-electron chi connectivity index (χ0n) is 15.6. The summed E-state index contributed by atoms with van der Waals surface area (Å²) < 4.78 is 7.86. The number of benzene rings is 3. The summed E-state index contributed by atoms with van der Waals surface area (Å²) >= 11 is 5.92. The second-order valence-corrected chi connectivity index (χ2v) is 7.07. The van der Waals surface area contributed by atoms with Crippen LogP contribution in [0.15, 0.2) is 84.7 Å². The lowest BCUT2D eigenvalue weighted by molar-refractivity contribution is 0.306. The number of hydrogen-bond acceptors (Lipinski definition) is 3. The first-order valence-corrected chi connectivity index (χ1v) is 9.57. The third-order valence-electron chi connectivity index (χ3n) is 4.53. The van der Waals surface area contributed by atoms with Crippen molar-refractivity contribution >= 4 is 28.7 Å². The molecule has 3 aromatic carbocycles. The molecule has 0 aliphatic carbocycles. The van der Waals surface area contributed by atoms with Gasteiger partial charge < -0.3 is 9.30 Å². The van der Waals surface area contributed by atoms with E-state index in [0.29, 0.717) is 23.7 Å². The van der Waals surface area contributed by atoms with Crippen LogP contribution < -0.4 is 4.74 Å². The van der Waals surface area contributed by atoms with Crippen LogP contribution in [0.3, 0.4) is 0 Å². The molecule has 0 unspecified atom stereocenters. The monoisotopic (exact) mass is 399 g/mol. The Balaban J connectivity index is 1.49. The number of nitriles is 1. The van der Waals surface area contributed by atoms with E-state index < -0.39 is 0 Å². The van der Waals surface area contributed by atoms with Crippen LogP contribution in [-0.4, -0.2) is 9.55 Å². The molecule has 0 spiro atoms. The number of imidazole rings is 1. The summed E-state index contributed by atoms with van der Waals surface area (Å²) in [4.78, 5) is 4.38. The first-order valence-electron chi connectivity index (χ1n) is 9.19. The molecule has 0 aliphatic heterocycles. The predicted molar refractivity (Wildman–Crippen MR) is 116 cm³/mol. The van der Waals surface area contributed by atoms with Crippen LogP contribution in [0.1, 0.15) is 11.1 Å². The summed E-state index contributed by atoms with van der Waals surface area (Å²) in [5.74, 6) is 0.749. The van der Waals surface area contributed by atoms with Gasteiger partial charge in [0.25, 0.3) is 0 Å². The van der Waals surface area contributed by atoms with Gasteiger partial charge in [0.15, 0.2) is 0 Å². The summed E-state index contributed by atoms with van der Waals surface area (Å²) in [6.07, 6.45) is 3.64. The summed E-state index contributed by atoms with van der Waals surface area (Å²) in [6.45, 7) is 0.920. The topological polar surface area (TPSA) is 50.8 Å². The van der Waals surface area contributed by atoms with Crippen LogP contribution in [-0.2, 0) is 13.2 Å². The number of rotatable bonds is 6. The Morgan fingerprint density at radius 3 is 2.72 bits per heavy atom. The summed E-state index contributed by atoms with van der Waals surface area (Å²) in [5.41, 5.74) is 4.53. The number of aromatic nitrogens is 2. The molecule has 0 aliphatic rings. The van der Waals surface area contributed by atoms with Crippen LogP contribution in [0.2, 0.25) is 5.02 Å². The fourth-order valence-corrected chi connectivity index (χ4v) is 3.20. The van der Waals surface area contributed by atoms with E-state index in [4.69, 9.17) is 16.3 Å². The van der Waals surface area contributed by atoms with E-state index in [0.717, 1.165) is 27.9 Å². The number of para-hydroxylation sites is 2. The minimum Gasteiger partial charge on any atom is -0.489 e. The van der Waals surface area contributed by atoms with E-state index in [1.165, 1.54) is 0 Å². The van der Waals surface area contributed by atoms with Gasteiger partial charge in [0, 0.05) is 10.6 Å². The highest BCUT2D eigenvalue weighted by atomic mass is 35.5. The van der Waals surface area contributed by atoms with Gasteiger partial charge in [0.2, 0.25) is 0 Å². The van der Waals surface area contributed by atoms with Crippen LogP contribution in [0, 0.1) is 11.3 Å².